The average Bonchev–Trinajstić information content (AvgIpc) is 2.98. The van der Waals surface area contributed by atoms with Gasteiger partial charge in [-0.3, -0.25) is 9.59 Å². The lowest BCUT2D eigenvalue weighted by molar-refractivity contribution is -0.115. The van der Waals surface area contributed by atoms with E-state index < -0.39 is 0 Å². The molecule has 0 aliphatic carbocycles. The summed E-state index contributed by atoms with van der Waals surface area (Å²) in [4.78, 5) is 31.1. The zero-order chi connectivity index (χ0) is 27.9. The maximum Gasteiger partial charge on any atom is 0.256 e. The normalized spacial score (nSPS) is 16.6. The van der Waals surface area contributed by atoms with Crippen LogP contribution in [0.15, 0.2) is 72.8 Å². The fourth-order valence-corrected chi connectivity index (χ4v) is 5.90. The molecular weight excluding hydrogens is 498 g/mol. The number of carbonyl (C=O) groups excluding carboxylic acids is 2. The summed E-state index contributed by atoms with van der Waals surface area (Å²) in [6.07, 6.45) is 5.63. The number of carbonyl (C=O) groups is 2. The van der Waals surface area contributed by atoms with Crippen molar-refractivity contribution in [2.75, 3.05) is 43.5 Å². The Morgan fingerprint density at radius 2 is 1.55 bits per heavy atom. The van der Waals surface area contributed by atoms with Crippen LogP contribution in [0.25, 0.3) is 0 Å². The van der Waals surface area contributed by atoms with Crippen LogP contribution < -0.4 is 15.0 Å². The third-order valence-electron chi connectivity index (χ3n) is 8.43. The van der Waals surface area contributed by atoms with Crippen LogP contribution in [0.5, 0.6) is 5.75 Å². The van der Waals surface area contributed by atoms with Crippen molar-refractivity contribution in [1.82, 2.24) is 4.90 Å². The summed E-state index contributed by atoms with van der Waals surface area (Å²) in [5.41, 5.74) is 4.64. The van der Waals surface area contributed by atoms with Crippen molar-refractivity contribution >= 4 is 23.2 Å². The summed E-state index contributed by atoms with van der Waals surface area (Å²) in [5, 5.41) is 3.03. The first kappa shape index (κ1) is 27.8. The number of likely N-dealkylation sites (tertiary alicyclic amines) is 1. The molecule has 2 aliphatic heterocycles. The lowest BCUT2D eigenvalue weighted by Crippen LogP contribution is -2.40. The summed E-state index contributed by atoms with van der Waals surface area (Å²) in [6, 6.07) is 24.1. The van der Waals surface area contributed by atoms with E-state index in [1.165, 1.54) is 5.56 Å². The molecule has 0 unspecified atom stereocenters. The predicted octanol–water partition coefficient (Wildman–Crippen LogP) is 6.21. The largest absolute Gasteiger partial charge is 0.497 e. The number of amides is 2. The monoisotopic (exact) mass is 539 g/mol. The average molecular weight is 540 g/mol. The van der Waals surface area contributed by atoms with Crippen LogP contribution in [-0.2, 0) is 17.6 Å². The van der Waals surface area contributed by atoms with Crippen molar-refractivity contribution in [2.24, 2.45) is 11.8 Å². The Kier molecular flexibility index (Phi) is 9.04. The van der Waals surface area contributed by atoms with Gasteiger partial charge in [-0.1, -0.05) is 49.4 Å². The molecule has 0 aromatic heterocycles. The molecule has 5 rings (SSSR count). The van der Waals surface area contributed by atoms with Crippen LogP contribution in [0.2, 0.25) is 0 Å². The van der Waals surface area contributed by atoms with Gasteiger partial charge in [-0.2, -0.15) is 0 Å². The quantitative estimate of drug-likeness (QED) is 0.370. The highest BCUT2D eigenvalue weighted by molar-refractivity contribution is 6.02. The summed E-state index contributed by atoms with van der Waals surface area (Å²) in [6.45, 7) is 5.68. The number of hydrogen-bond acceptors (Lipinski definition) is 4. The highest BCUT2D eigenvalue weighted by Crippen LogP contribution is 2.32. The molecule has 0 spiro atoms. The zero-order valence-electron chi connectivity index (χ0n) is 23.8. The van der Waals surface area contributed by atoms with E-state index in [-0.39, 0.29) is 18.2 Å². The second kappa shape index (κ2) is 13.0. The van der Waals surface area contributed by atoms with Crippen LogP contribution in [0.4, 0.5) is 11.4 Å². The Balaban J connectivity index is 1.30. The van der Waals surface area contributed by atoms with Gasteiger partial charge in [-0.25, -0.2) is 0 Å². The highest BCUT2D eigenvalue weighted by atomic mass is 16.5. The molecular formula is C34H41N3O3. The van der Waals surface area contributed by atoms with E-state index in [9.17, 15) is 9.59 Å². The molecule has 0 saturated carbocycles. The number of methoxy groups -OCH3 is 1. The number of ether oxygens (including phenoxy) is 1. The predicted molar refractivity (Wildman–Crippen MR) is 161 cm³/mol. The number of benzene rings is 3. The van der Waals surface area contributed by atoms with E-state index in [1.54, 1.807) is 7.11 Å². The van der Waals surface area contributed by atoms with Crippen LogP contribution in [0, 0.1) is 11.8 Å². The summed E-state index contributed by atoms with van der Waals surface area (Å²) < 4.78 is 5.21. The molecule has 2 fully saturated rings. The standard InChI is InChI=1S/C34H41N3O3/c1-25-14-18-37(19-15-25)34(39)31-24-29(35-33(38)23-27-8-11-30(40-2)12-9-27)10-13-32(31)36-20-16-28(17-21-36)22-26-6-4-3-5-7-26/h3-13,24-25,28H,14-23H2,1-2H3,(H,35,38). The van der Waals surface area contributed by atoms with Gasteiger partial charge in [0, 0.05) is 37.6 Å². The zero-order valence-corrected chi connectivity index (χ0v) is 23.8. The van der Waals surface area contributed by atoms with E-state index in [0.717, 1.165) is 75.3 Å². The molecule has 210 valence electrons. The molecule has 1 N–H and O–H groups in total. The van der Waals surface area contributed by atoms with E-state index in [4.69, 9.17) is 4.74 Å². The minimum atomic E-state index is -0.107. The van der Waals surface area contributed by atoms with E-state index in [1.807, 2.05) is 47.4 Å². The molecule has 2 heterocycles. The smallest absolute Gasteiger partial charge is 0.256 e. The Labute approximate surface area is 238 Å². The topological polar surface area (TPSA) is 61.9 Å². The van der Waals surface area contributed by atoms with Crippen LogP contribution in [0.1, 0.15) is 54.1 Å². The molecule has 0 radical (unpaired) electrons. The number of piperidine rings is 2. The molecule has 40 heavy (non-hydrogen) atoms. The highest BCUT2D eigenvalue weighted by Gasteiger charge is 2.27. The third kappa shape index (κ3) is 7.04. The second-order valence-electron chi connectivity index (χ2n) is 11.4. The molecule has 2 saturated heterocycles. The van der Waals surface area contributed by atoms with Crippen molar-refractivity contribution in [3.05, 3.63) is 89.5 Å². The van der Waals surface area contributed by atoms with Crippen LogP contribution in [0.3, 0.4) is 0 Å². The van der Waals surface area contributed by atoms with Gasteiger partial charge in [0.1, 0.15) is 5.75 Å². The van der Waals surface area contributed by atoms with Crippen molar-refractivity contribution in [1.29, 1.82) is 0 Å². The van der Waals surface area contributed by atoms with Gasteiger partial charge in [0.25, 0.3) is 5.91 Å². The molecule has 2 aliphatic rings. The molecule has 2 amide bonds. The molecule has 3 aromatic carbocycles. The van der Waals surface area contributed by atoms with E-state index in [0.29, 0.717) is 23.1 Å². The first-order valence-electron chi connectivity index (χ1n) is 14.6. The fraction of sp³-hybridized carbons (Fsp3) is 0.412. The van der Waals surface area contributed by atoms with Gasteiger partial charge in [-0.05, 0) is 85.4 Å². The van der Waals surface area contributed by atoms with Gasteiger partial charge in [0.2, 0.25) is 5.91 Å². The molecule has 0 atom stereocenters. The van der Waals surface area contributed by atoms with Gasteiger partial charge >= 0.3 is 0 Å². The van der Waals surface area contributed by atoms with Crippen molar-refractivity contribution in [2.45, 2.75) is 45.4 Å². The van der Waals surface area contributed by atoms with Gasteiger partial charge in [0.15, 0.2) is 0 Å². The third-order valence-corrected chi connectivity index (χ3v) is 8.43. The van der Waals surface area contributed by atoms with Crippen LogP contribution >= 0.6 is 0 Å². The second-order valence-corrected chi connectivity index (χ2v) is 11.4. The fourth-order valence-electron chi connectivity index (χ4n) is 5.90. The maximum atomic E-state index is 13.8. The first-order valence-corrected chi connectivity index (χ1v) is 14.6. The molecule has 6 nitrogen and oxygen atoms in total. The number of nitrogens with one attached hydrogen (secondary N) is 1. The maximum absolute atomic E-state index is 13.8. The lowest BCUT2D eigenvalue weighted by atomic mass is 9.89. The van der Waals surface area contributed by atoms with Crippen LogP contribution in [-0.4, -0.2) is 50.0 Å². The number of nitrogens with zero attached hydrogens (tertiary/aromatic N) is 2. The summed E-state index contributed by atoms with van der Waals surface area (Å²) in [5.74, 6) is 2.03. The minimum absolute atomic E-state index is 0.0690. The first-order chi connectivity index (χ1) is 19.5. The minimum Gasteiger partial charge on any atom is -0.497 e. The number of hydrogen-bond donors (Lipinski definition) is 1. The lowest BCUT2D eigenvalue weighted by Gasteiger charge is -2.36. The van der Waals surface area contributed by atoms with Crippen molar-refractivity contribution in [3.63, 3.8) is 0 Å². The Morgan fingerprint density at radius 3 is 2.23 bits per heavy atom. The van der Waals surface area contributed by atoms with Gasteiger partial charge in [-0.15, -0.1) is 0 Å². The molecule has 6 heteroatoms. The van der Waals surface area contributed by atoms with Crippen molar-refractivity contribution in [3.8, 4) is 5.75 Å². The summed E-state index contributed by atoms with van der Waals surface area (Å²) >= 11 is 0. The van der Waals surface area contributed by atoms with Crippen molar-refractivity contribution < 1.29 is 14.3 Å². The molecule has 3 aromatic rings. The van der Waals surface area contributed by atoms with Gasteiger partial charge in [0.05, 0.1) is 19.1 Å². The SMILES string of the molecule is COc1ccc(CC(=O)Nc2ccc(N3CCC(Cc4ccccc4)CC3)c(C(=O)N3CCC(C)CC3)c2)cc1. The Morgan fingerprint density at radius 1 is 0.850 bits per heavy atom. The number of anilines is 2. The van der Waals surface area contributed by atoms with E-state index in [2.05, 4.69) is 47.5 Å². The number of rotatable bonds is 8. The Hall–Kier alpha value is -3.80. The molecule has 0 bridgehead atoms. The van der Waals surface area contributed by atoms with Gasteiger partial charge < -0.3 is 19.9 Å². The Bertz CT molecular complexity index is 1280. The van der Waals surface area contributed by atoms with E-state index >= 15 is 0 Å². The summed E-state index contributed by atoms with van der Waals surface area (Å²) in [7, 11) is 1.63.